The first-order valence-electron chi connectivity index (χ1n) is 6.11. The molecule has 1 aromatic rings. The minimum atomic E-state index is 0.00298. The molecule has 4 nitrogen and oxygen atoms in total. The van der Waals surface area contributed by atoms with Gasteiger partial charge in [-0.15, -0.1) is 0 Å². The molecular formula is C13H18BrN3O. The Morgan fingerprint density at radius 3 is 2.78 bits per heavy atom. The Labute approximate surface area is 116 Å². The second-order valence-electron chi connectivity index (χ2n) is 4.80. The Hall–Kier alpha value is -1.07. The van der Waals surface area contributed by atoms with Crippen molar-refractivity contribution in [1.82, 2.24) is 10.2 Å². The van der Waals surface area contributed by atoms with Crippen molar-refractivity contribution in [2.24, 2.45) is 11.7 Å². The smallest absolute Gasteiger partial charge is 0.318 e. The number of carbonyl (C=O) groups excluding carboxylic acids is 1. The molecule has 5 heteroatoms. The molecule has 0 aromatic heterocycles. The standard InChI is InChI=1S/C13H18BrN3O/c1-9(6-15)7-17-8-12(16-13(17)18)10-2-4-11(14)5-3-10/h2-5,9,12H,6-8,15H2,1H3,(H,16,18). The van der Waals surface area contributed by atoms with Gasteiger partial charge in [0.25, 0.3) is 0 Å². The summed E-state index contributed by atoms with van der Waals surface area (Å²) in [4.78, 5) is 13.7. The lowest BCUT2D eigenvalue weighted by Gasteiger charge is -2.18. The topological polar surface area (TPSA) is 58.4 Å². The molecule has 2 unspecified atom stereocenters. The van der Waals surface area contributed by atoms with E-state index in [1.54, 1.807) is 0 Å². The third kappa shape index (κ3) is 3.03. The molecule has 3 N–H and O–H groups in total. The Bertz CT molecular complexity index is 421. The SMILES string of the molecule is CC(CN)CN1CC(c2ccc(Br)cc2)NC1=O. The fourth-order valence-corrected chi connectivity index (χ4v) is 2.35. The highest BCUT2D eigenvalue weighted by atomic mass is 79.9. The molecule has 18 heavy (non-hydrogen) atoms. The summed E-state index contributed by atoms with van der Waals surface area (Å²) in [5.41, 5.74) is 6.73. The van der Waals surface area contributed by atoms with Gasteiger partial charge >= 0.3 is 6.03 Å². The monoisotopic (exact) mass is 311 g/mol. The van der Waals surface area contributed by atoms with Crippen molar-refractivity contribution in [3.63, 3.8) is 0 Å². The van der Waals surface area contributed by atoms with Crippen molar-refractivity contribution in [1.29, 1.82) is 0 Å². The zero-order valence-corrected chi connectivity index (χ0v) is 12.0. The number of urea groups is 1. The highest BCUT2D eigenvalue weighted by molar-refractivity contribution is 9.10. The Kier molecular flexibility index (Phi) is 4.24. The van der Waals surface area contributed by atoms with Gasteiger partial charge in [0.05, 0.1) is 6.04 Å². The van der Waals surface area contributed by atoms with Gasteiger partial charge in [0, 0.05) is 17.6 Å². The number of amides is 2. The number of benzene rings is 1. The molecule has 0 spiro atoms. The van der Waals surface area contributed by atoms with Gasteiger partial charge < -0.3 is 16.0 Å². The summed E-state index contributed by atoms with van der Waals surface area (Å²) >= 11 is 3.41. The Morgan fingerprint density at radius 2 is 2.17 bits per heavy atom. The number of nitrogens with one attached hydrogen (secondary N) is 1. The van der Waals surface area contributed by atoms with E-state index in [4.69, 9.17) is 5.73 Å². The lowest BCUT2D eigenvalue weighted by Crippen LogP contribution is -2.34. The molecule has 1 aliphatic heterocycles. The van der Waals surface area contributed by atoms with E-state index >= 15 is 0 Å². The van der Waals surface area contributed by atoms with Gasteiger partial charge in [0.1, 0.15) is 0 Å². The van der Waals surface area contributed by atoms with E-state index in [1.165, 1.54) is 0 Å². The highest BCUT2D eigenvalue weighted by Crippen LogP contribution is 2.22. The van der Waals surface area contributed by atoms with Crippen LogP contribution in [0.25, 0.3) is 0 Å². The number of nitrogens with two attached hydrogens (primary N) is 1. The van der Waals surface area contributed by atoms with Crippen molar-refractivity contribution in [3.05, 3.63) is 34.3 Å². The summed E-state index contributed by atoms with van der Waals surface area (Å²) in [6, 6.07) is 8.13. The first-order valence-corrected chi connectivity index (χ1v) is 6.90. The second-order valence-corrected chi connectivity index (χ2v) is 5.72. The maximum atomic E-state index is 11.8. The first kappa shape index (κ1) is 13.4. The largest absolute Gasteiger partial charge is 0.330 e. The van der Waals surface area contributed by atoms with Crippen molar-refractivity contribution in [2.45, 2.75) is 13.0 Å². The molecule has 0 saturated carbocycles. The average molecular weight is 312 g/mol. The van der Waals surface area contributed by atoms with E-state index in [2.05, 4.69) is 28.2 Å². The molecule has 98 valence electrons. The van der Waals surface area contributed by atoms with Crippen molar-refractivity contribution < 1.29 is 4.79 Å². The maximum Gasteiger partial charge on any atom is 0.318 e. The maximum absolute atomic E-state index is 11.8. The molecule has 0 radical (unpaired) electrons. The molecule has 1 saturated heterocycles. The van der Waals surface area contributed by atoms with E-state index in [1.807, 2.05) is 29.2 Å². The quantitative estimate of drug-likeness (QED) is 0.894. The van der Waals surface area contributed by atoms with Crippen molar-refractivity contribution >= 4 is 22.0 Å². The van der Waals surface area contributed by atoms with Crippen LogP contribution in [0, 0.1) is 5.92 Å². The average Bonchev–Trinajstić information content (AvgIpc) is 2.71. The lowest BCUT2D eigenvalue weighted by atomic mass is 10.1. The van der Waals surface area contributed by atoms with Crippen LogP contribution in [-0.2, 0) is 0 Å². The van der Waals surface area contributed by atoms with Crippen LogP contribution < -0.4 is 11.1 Å². The van der Waals surface area contributed by atoms with Gasteiger partial charge in [-0.1, -0.05) is 35.0 Å². The lowest BCUT2D eigenvalue weighted by molar-refractivity contribution is 0.211. The fourth-order valence-electron chi connectivity index (χ4n) is 2.08. The van der Waals surface area contributed by atoms with E-state index < -0.39 is 0 Å². The minimum absolute atomic E-state index is 0.00298. The summed E-state index contributed by atoms with van der Waals surface area (Å²) in [5, 5.41) is 3.00. The molecule has 1 aromatic carbocycles. The molecule has 1 aliphatic rings. The molecular weight excluding hydrogens is 294 g/mol. The molecule has 2 amide bonds. The van der Waals surface area contributed by atoms with Crippen LogP contribution in [-0.4, -0.2) is 30.6 Å². The van der Waals surface area contributed by atoms with Crippen LogP contribution in [0.3, 0.4) is 0 Å². The summed E-state index contributed by atoms with van der Waals surface area (Å²) in [6.45, 7) is 4.09. The molecule has 0 bridgehead atoms. The van der Waals surface area contributed by atoms with Crippen molar-refractivity contribution in [3.8, 4) is 0 Å². The predicted molar refractivity (Wildman–Crippen MR) is 75.2 cm³/mol. The van der Waals surface area contributed by atoms with E-state index in [-0.39, 0.29) is 12.1 Å². The highest BCUT2D eigenvalue weighted by Gasteiger charge is 2.30. The minimum Gasteiger partial charge on any atom is -0.330 e. The van der Waals surface area contributed by atoms with E-state index in [0.717, 1.165) is 16.6 Å². The van der Waals surface area contributed by atoms with Gasteiger partial charge in [0.2, 0.25) is 0 Å². The zero-order chi connectivity index (χ0) is 13.1. The van der Waals surface area contributed by atoms with Crippen LogP contribution in [0.4, 0.5) is 4.79 Å². The van der Waals surface area contributed by atoms with Gasteiger partial charge in [-0.05, 0) is 30.2 Å². The Balaban J connectivity index is 2.02. The number of hydrogen-bond donors (Lipinski definition) is 2. The third-order valence-electron chi connectivity index (χ3n) is 3.19. The van der Waals surface area contributed by atoms with Crippen LogP contribution in [0.5, 0.6) is 0 Å². The summed E-state index contributed by atoms with van der Waals surface area (Å²) in [7, 11) is 0. The molecule has 1 heterocycles. The second kappa shape index (κ2) is 5.71. The van der Waals surface area contributed by atoms with E-state index in [9.17, 15) is 4.79 Å². The third-order valence-corrected chi connectivity index (χ3v) is 3.72. The Morgan fingerprint density at radius 1 is 1.50 bits per heavy atom. The molecule has 1 fully saturated rings. The van der Waals surface area contributed by atoms with Crippen LogP contribution in [0.15, 0.2) is 28.7 Å². The summed E-state index contributed by atoms with van der Waals surface area (Å²) < 4.78 is 1.05. The number of halogens is 1. The number of rotatable bonds is 4. The van der Waals surface area contributed by atoms with Crippen molar-refractivity contribution in [2.75, 3.05) is 19.6 Å². The van der Waals surface area contributed by atoms with Gasteiger partial charge in [-0.3, -0.25) is 0 Å². The number of carbonyl (C=O) groups is 1. The number of nitrogens with zero attached hydrogens (tertiary/aromatic N) is 1. The van der Waals surface area contributed by atoms with Crippen LogP contribution >= 0.6 is 15.9 Å². The van der Waals surface area contributed by atoms with Gasteiger partial charge in [-0.25, -0.2) is 4.79 Å². The molecule has 2 atom stereocenters. The van der Waals surface area contributed by atoms with Crippen LogP contribution in [0.1, 0.15) is 18.5 Å². The summed E-state index contributed by atoms with van der Waals surface area (Å²) in [5.74, 6) is 0.333. The fraction of sp³-hybridized carbons (Fsp3) is 0.462. The number of hydrogen-bond acceptors (Lipinski definition) is 2. The molecule has 0 aliphatic carbocycles. The predicted octanol–water partition coefficient (Wildman–Crippen LogP) is 2.11. The van der Waals surface area contributed by atoms with Crippen LogP contribution in [0.2, 0.25) is 0 Å². The first-order chi connectivity index (χ1) is 8.60. The molecule has 2 rings (SSSR count). The zero-order valence-electron chi connectivity index (χ0n) is 10.4. The van der Waals surface area contributed by atoms with Gasteiger partial charge in [0.15, 0.2) is 0 Å². The van der Waals surface area contributed by atoms with Gasteiger partial charge in [-0.2, -0.15) is 0 Å². The summed E-state index contributed by atoms with van der Waals surface area (Å²) in [6.07, 6.45) is 0. The van der Waals surface area contributed by atoms with E-state index in [0.29, 0.717) is 19.0 Å². The normalized spacial score (nSPS) is 20.9.